The highest BCUT2D eigenvalue weighted by Gasteiger charge is 2.27. The van der Waals surface area contributed by atoms with Crippen LogP contribution < -0.4 is 9.47 Å². The molecule has 1 saturated heterocycles. The second kappa shape index (κ2) is 10.7. The first-order valence-corrected chi connectivity index (χ1v) is 10.3. The van der Waals surface area contributed by atoms with Crippen molar-refractivity contribution in [2.75, 3.05) is 27.3 Å². The number of hydrogen-bond acceptors (Lipinski definition) is 5. The predicted molar refractivity (Wildman–Crippen MR) is 117 cm³/mol. The minimum atomic E-state index is -0.618. The van der Waals surface area contributed by atoms with E-state index < -0.39 is 6.10 Å². The Morgan fingerprint density at radius 3 is 2.47 bits per heavy atom. The van der Waals surface area contributed by atoms with Crippen LogP contribution in [0.5, 0.6) is 11.5 Å². The summed E-state index contributed by atoms with van der Waals surface area (Å²) in [5, 5.41) is 3.99. The van der Waals surface area contributed by atoms with Gasteiger partial charge < -0.3 is 19.2 Å². The molecule has 0 aliphatic carbocycles. The van der Waals surface area contributed by atoms with Crippen LogP contribution in [0, 0.1) is 5.92 Å². The summed E-state index contributed by atoms with van der Waals surface area (Å²) in [6.07, 6.45) is 4.06. The van der Waals surface area contributed by atoms with E-state index in [0.717, 1.165) is 37.9 Å². The van der Waals surface area contributed by atoms with Crippen LogP contribution in [0.15, 0.2) is 53.7 Å². The Morgan fingerprint density at radius 2 is 1.80 bits per heavy atom. The van der Waals surface area contributed by atoms with Crippen LogP contribution in [-0.4, -0.2) is 50.4 Å². The number of rotatable bonds is 8. The minimum Gasteiger partial charge on any atom is -0.493 e. The quantitative estimate of drug-likeness (QED) is 0.489. The highest BCUT2D eigenvalue weighted by atomic mass is 16.6. The summed E-state index contributed by atoms with van der Waals surface area (Å²) in [6, 6.07) is 16.0. The molecule has 0 radical (unpaired) electrons. The van der Waals surface area contributed by atoms with Crippen molar-refractivity contribution in [2.45, 2.75) is 32.3 Å². The molecule has 1 aliphatic heterocycles. The number of carbonyl (C=O) groups is 1. The fourth-order valence-electron chi connectivity index (χ4n) is 3.72. The van der Waals surface area contributed by atoms with Gasteiger partial charge in [-0.15, -0.1) is 0 Å². The van der Waals surface area contributed by atoms with Crippen molar-refractivity contribution < 1.29 is 19.1 Å². The molecule has 1 fully saturated rings. The van der Waals surface area contributed by atoms with Gasteiger partial charge in [0.2, 0.25) is 6.10 Å². The van der Waals surface area contributed by atoms with Crippen LogP contribution in [0.2, 0.25) is 0 Å². The van der Waals surface area contributed by atoms with E-state index in [9.17, 15) is 4.79 Å². The van der Waals surface area contributed by atoms with Crippen LogP contribution in [0.3, 0.4) is 0 Å². The number of carbonyl (C=O) groups excluding carboxylic acids is 1. The minimum absolute atomic E-state index is 0.0161. The van der Waals surface area contributed by atoms with Crippen LogP contribution in [-0.2, 0) is 16.1 Å². The van der Waals surface area contributed by atoms with Crippen molar-refractivity contribution in [1.82, 2.24) is 4.90 Å². The molecule has 2 aromatic rings. The van der Waals surface area contributed by atoms with E-state index in [4.69, 9.17) is 14.3 Å². The lowest BCUT2D eigenvalue weighted by Crippen LogP contribution is -2.43. The number of methoxy groups -OCH3 is 2. The van der Waals surface area contributed by atoms with Gasteiger partial charge in [0, 0.05) is 18.7 Å². The van der Waals surface area contributed by atoms with E-state index in [-0.39, 0.29) is 5.91 Å². The van der Waals surface area contributed by atoms with E-state index in [2.05, 4.69) is 29.4 Å². The standard InChI is InChI=1S/C24H30N2O4/c1-18(30-25-17-21-9-10-22(28-2)23(16-21)29-3)24(27)26-13-11-20(12-14-26)15-19-7-5-4-6-8-19/h4-10,16-18,20H,11-15H2,1-3H3/b25-17+. The number of oxime groups is 1. The summed E-state index contributed by atoms with van der Waals surface area (Å²) in [4.78, 5) is 20.0. The van der Waals surface area contributed by atoms with Crippen molar-refractivity contribution in [3.8, 4) is 11.5 Å². The molecule has 160 valence electrons. The lowest BCUT2D eigenvalue weighted by molar-refractivity contribution is -0.144. The summed E-state index contributed by atoms with van der Waals surface area (Å²) in [5.74, 6) is 1.87. The third kappa shape index (κ3) is 5.75. The molecule has 0 spiro atoms. The lowest BCUT2D eigenvalue weighted by Gasteiger charge is -2.33. The van der Waals surface area contributed by atoms with E-state index in [1.165, 1.54) is 5.56 Å². The molecule has 30 heavy (non-hydrogen) atoms. The summed E-state index contributed by atoms with van der Waals surface area (Å²) in [5.41, 5.74) is 2.16. The van der Waals surface area contributed by atoms with Crippen molar-refractivity contribution in [2.24, 2.45) is 11.1 Å². The van der Waals surface area contributed by atoms with Gasteiger partial charge in [-0.1, -0.05) is 35.5 Å². The molecule has 3 rings (SSSR count). The van der Waals surface area contributed by atoms with Gasteiger partial charge in [0.15, 0.2) is 11.5 Å². The Kier molecular flexibility index (Phi) is 7.71. The van der Waals surface area contributed by atoms with E-state index in [0.29, 0.717) is 17.4 Å². The Balaban J connectivity index is 1.46. The van der Waals surface area contributed by atoms with Crippen LogP contribution >= 0.6 is 0 Å². The Labute approximate surface area is 178 Å². The van der Waals surface area contributed by atoms with Gasteiger partial charge in [-0.25, -0.2) is 0 Å². The monoisotopic (exact) mass is 410 g/mol. The molecule has 6 nitrogen and oxygen atoms in total. The number of nitrogens with zero attached hydrogens (tertiary/aromatic N) is 2. The zero-order chi connectivity index (χ0) is 21.3. The lowest BCUT2D eigenvalue weighted by atomic mass is 9.90. The number of likely N-dealkylation sites (tertiary alicyclic amines) is 1. The predicted octanol–water partition coefficient (Wildman–Crippen LogP) is 3.92. The Hall–Kier alpha value is -3.02. The highest BCUT2D eigenvalue weighted by Crippen LogP contribution is 2.27. The van der Waals surface area contributed by atoms with Gasteiger partial charge in [0.1, 0.15) is 0 Å². The largest absolute Gasteiger partial charge is 0.493 e. The van der Waals surface area contributed by atoms with Crippen molar-refractivity contribution in [3.63, 3.8) is 0 Å². The van der Waals surface area contributed by atoms with Crippen molar-refractivity contribution >= 4 is 12.1 Å². The third-order valence-corrected chi connectivity index (χ3v) is 5.47. The first kappa shape index (κ1) is 21.7. The molecule has 0 N–H and O–H groups in total. The summed E-state index contributed by atoms with van der Waals surface area (Å²) in [6.45, 7) is 3.27. The third-order valence-electron chi connectivity index (χ3n) is 5.47. The maximum absolute atomic E-state index is 12.7. The molecule has 1 amide bonds. The fourth-order valence-corrected chi connectivity index (χ4v) is 3.72. The second-order valence-electron chi connectivity index (χ2n) is 7.55. The molecular weight excluding hydrogens is 380 g/mol. The Bertz CT molecular complexity index is 846. The van der Waals surface area contributed by atoms with Gasteiger partial charge >= 0.3 is 0 Å². The molecule has 1 heterocycles. The van der Waals surface area contributed by atoms with Crippen LogP contribution in [0.1, 0.15) is 30.9 Å². The SMILES string of the molecule is COc1ccc(/C=N/OC(C)C(=O)N2CCC(Cc3ccccc3)CC2)cc1OC. The van der Waals surface area contributed by atoms with E-state index in [1.807, 2.05) is 17.0 Å². The van der Waals surface area contributed by atoms with Crippen molar-refractivity contribution in [3.05, 3.63) is 59.7 Å². The van der Waals surface area contributed by atoms with Gasteiger partial charge in [0.25, 0.3) is 5.91 Å². The Morgan fingerprint density at radius 1 is 1.10 bits per heavy atom. The number of piperidine rings is 1. The topological polar surface area (TPSA) is 60.4 Å². The van der Waals surface area contributed by atoms with E-state index >= 15 is 0 Å². The van der Waals surface area contributed by atoms with Crippen LogP contribution in [0.4, 0.5) is 0 Å². The molecule has 0 saturated carbocycles. The number of amides is 1. The molecule has 1 unspecified atom stereocenters. The maximum atomic E-state index is 12.7. The molecule has 1 atom stereocenters. The fraction of sp³-hybridized carbons (Fsp3) is 0.417. The number of benzene rings is 2. The zero-order valence-corrected chi connectivity index (χ0v) is 17.9. The number of ether oxygens (including phenoxy) is 2. The average molecular weight is 411 g/mol. The van der Waals surface area contributed by atoms with Gasteiger partial charge in [0.05, 0.1) is 20.4 Å². The highest BCUT2D eigenvalue weighted by molar-refractivity contribution is 5.82. The number of hydrogen-bond donors (Lipinski definition) is 0. The molecule has 0 aromatic heterocycles. The van der Waals surface area contributed by atoms with Crippen molar-refractivity contribution in [1.29, 1.82) is 0 Å². The summed E-state index contributed by atoms with van der Waals surface area (Å²) < 4.78 is 10.5. The molecular formula is C24H30N2O4. The molecule has 0 bridgehead atoms. The van der Waals surface area contributed by atoms with Crippen LogP contribution in [0.25, 0.3) is 0 Å². The summed E-state index contributed by atoms with van der Waals surface area (Å²) >= 11 is 0. The second-order valence-corrected chi connectivity index (χ2v) is 7.55. The van der Waals surface area contributed by atoms with Gasteiger partial charge in [-0.3, -0.25) is 4.79 Å². The van der Waals surface area contributed by atoms with Gasteiger partial charge in [-0.2, -0.15) is 0 Å². The molecule has 6 heteroatoms. The molecule has 1 aliphatic rings. The first-order chi connectivity index (χ1) is 14.6. The summed E-state index contributed by atoms with van der Waals surface area (Å²) in [7, 11) is 3.17. The normalized spacial score (nSPS) is 15.8. The van der Waals surface area contributed by atoms with Gasteiger partial charge in [-0.05, 0) is 55.9 Å². The van der Waals surface area contributed by atoms with E-state index in [1.54, 1.807) is 39.5 Å². The maximum Gasteiger partial charge on any atom is 0.266 e. The first-order valence-electron chi connectivity index (χ1n) is 10.3. The smallest absolute Gasteiger partial charge is 0.266 e. The molecule has 2 aromatic carbocycles. The average Bonchev–Trinajstić information content (AvgIpc) is 2.79. The zero-order valence-electron chi connectivity index (χ0n) is 17.9.